The predicted molar refractivity (Wildman–Crippen MR) is 121 cm³/mol. The van der Waals surface area contributed by atoms with Gasteiger partial charge in [0.2, 0.25) is 5.71 Å². The van der Waals surface area contributed by atoms with E-state index in [2.05, 4.69) is 95.5 Å². The van der Waals surface area contributed by atoms with Crippen molar-refractivity contribution >= 4 is 61.5 Å². The summed E-state index contributed by atoms with van der Waals surface area (Å²) in [5.74, 6) is 0. The van der Waals surface area contributed by atoms with E-state index in [1.807, 2.05) is 11.3 Å². The van der Waals surface area contributed by atoms with Crippen LogP contribution in [0.25, 0.3) is 16.8 Å². The fourth-order valence-corrected chi connectivity index (χ4v) is 5.14. The zero-order chi connectivity index (χ0) is 19.9. The zero-order valence-electron chi connectivity index (χ0n) is 14.7. The summed E-state index contributed by atoms with van der Waals surface area (Å²) >= 11 is 14.2. The molecule has 3 aromatic rings. The summed E-state index contributed by atoms with van der Waals surface area (Å²) < 4.78 is 15.4. The standard InChI is InChI=1S/C19H16BrN2S.Cl2HO2P/c20-14-7-5-13(6-8-14)15-12-23-19-17(15)22-11-3-4-16(22)18(19)21-9-1-2-10-21;1-5(2,3)4/h3-8,11-12H,1-2,9-10H2;(H,3,4)/q+1;. The van der Waals surface area contributed by atoms with E-state index in [9.17, 15) is 4.57 Å². The number of nitrogens with zero attached hydrogens (tertiary/aromatic N) is 2. The topological polar surface area (TPSA) is 45.2 Å². The molecule has 0 radical (unpaired) electrons. The Kier molecular flexibility index (Phi) is 5.90. The number of rotatable bonds is 1. The maximum absolute atomic E-state index is 9.30. The molecule has 9 heteroatoms. The van der Waals surface area contributed by atoms with E-state index in [-0.39, 0.29) is 0 Å². The minimum absolute atomic E-state index is 1.12. The SMILES string of the molecule is Brc1ccc(-c2csc3c2-n2cccc2C3=[N+]2CCCC2)cc1.O=P(O)(Cl)Cl. The van der Waals surface area contributed by atoms with Crippen molar-refractivity contribution in [3.8, 4) is 16.8 Å². The van der Waals surface area contributed by atoms with Crippen LogP contribution in [0.4, 0.5) is 0 Å². The van der Waals surface area contributed by atoms with Crippen LogP contribution >= 0.6 is 55.8 Å². The van der Waals surface area contributed by atoms with Gasteiger partial charge in [-0.1, -0.05) is 28.1 Å². The fourth-order valence-electron chi connectivity index (χ4n) is 3.72. The van der Waals surface area contributed by atoms with Gasteiger partial charge in [-0.15, -0.1) is 11.3 Å². The number of benzene rings is 1. The van der Waals surface area contributed by atoms with Gasteiger partial charge in [0.25, 0.3) is 0 Å². The normalized spacial score (nSPS) is 15.3. The Labute approximate surface area is 185 Å². The predicted octanol–water partition coefficient (Wildman–Crippen LogP) is 6.49. The molecule has 0 aliphatic carbocycles. The molecule has 4 nitrogen and oxygen atoms in total. The molecule has 2 aromatic heterocycles. The van der Waals surface area contributed by atoms with Crippen molar-refractivity contribution in [2.45, 2.75) is 12.8 Å². The molecule has 0 atom stereocenters. The molecule has 0 saturated carbocycles. The summed E-state index contributed by atoms with van der Waals surface area (Å²) in [5, 5.41) is 2.31. The van der Waals surface area contributed by atoms with Crippen molar-refractivity contribution in [1.29, 1.82) is 0 Å². The van der Waals surface area contributed by atoms with Gasteiger partial charge in [0.15, 0.2) is 0 Å². The molecular formula is C19H17BrCl2N2O2PS+. The van der Waals surface area contributed by atoms with Gasteiger partial charge < -0.3 is 9.46 Å². The number of halogens is 3. The highest BCUT2D eigenvalue weighted by Gasteiger charge is 2.36. The lowest BCUT2D eigenvalue weighted by Gasteiger charge is -2.04. The second kappa shape index (κ2) is 8.10. The van der Waals surface area contributed by atoms with Crippen molar-refractivity contribution in [3.63, 3.8) is 0 Å². The van der Waals surface area contributed by atoms with E-state index in [4.69, 9.17) is 4.89 Å². The third-order valence-corrected chi connectivity index (χ3v) is 6.29. The Bertz CT molecular complexity index is 1090. The lowest BCUT2D eigenvalue weighted by Crippen LogP contribution is -2.18. The van der Waals surface area contributed by atoms with Gasteiger partial charge in [-0.3, -0.25) is 4.57 Å². The summed E-state index contributed by atoms with van der Waals surface area (Å²) in [5.41, 5.74) is 6.78. The Balaban J connectivity index is 0.000000346. The minimum atomic E-state index is -3.69. The average Bonchev–Trinajstić information content (AvgIpc) is 3.37. The summed E-state index contributed by atoms with van der Waals surface area (Å²) in [6.07, 6.45) is 1.13. The van der Waals surface area contributed by atoms with Crippen LogP contribution in [0, 0.1) is 0 Å². The Morgan fingerprint density at radius 1 is 1.14 bits per heavy atom. The lowest BCUT2D eigenvalue weighted by molar-refractivity contribution is -0.504. The molecule has 0 bridgehead atoms. The van der Waals surface area contributed by atoms with E-state index >= 15 is 0 Å². The molecule has 1 aromatic carbocycles. The molecule has 5 rings (SSSR count). The molecule has 0 spiro atoms. The molecule has 146 valence electrons. The van der Waals surface area contributed by atoms with E-state index in [0.29, 0.717) is 0 Å². The third kappa shape index (κ3) is 4.18. The van der Waals surface area contributed by atoms with Crippen LogP contribution in [0.2, 0.25) is 0 Å². The van der Waals surface area contributed by atoms with Crippen molar-refractivity contribution in [3.05, 3.63) is 63.0 Å². The van der Waals surface area contributed by atoms with Crippen LogP contribution in [0.15, 0.2) is 52.4 Å². The first-order valence-corrected chi connectivity index (χ1v) is 13.9. The van der Waals surface area contributed by atoms with E-state index < -0.39 is 6.07 Å². The molecule has 4 heterocycles. The van der Waals surface area contributed by atoms with E-state index in [1.54, 1.807) is 0 Å². The zero-order valence-corrected chi connectivity index (χ0v) is 19.5. The molecule has 0 amide bonds. The van der Waals surface area contributed by atoms with Gasteiger partial charge in [-0.2, -0.15) is 0 Å². The van der Waals surface area contributed by atoms with Gasteiger partial charge >= 0.3 is 6.07 Å². The highest BCUT2D eigenvalue weighted by molar-refractivity contribution is 9.10. The van der Waals surface area contributed by atoms with Crippen LogP contribution < -0.4 is 0 Å². The van der Waals surface area contributed by atoms with Crippen LogP contribution in [0.3, 0.4) is 0 Å². The van der Waals surface area contributed by atoms with Gasteiger partial charge in [-0.05, 0) is 52.3 Å². The number of aromatic nitrogens is 1. The van der Waals surface area contributed by atoms with Crippen LogP contribution in [0.5, 0.6) is 0 Å². The molecule has 28 heavy (non-hydrogen) atoms. The molecule has 0 unspecified atom stereocenters. The second-order valence-electron chi connectivity index (χ2n) is 6.57. The van der Waals surface area contributed by atoms with Gasteiger partial charge in [0.05, 0.1) is 5.69 Å². The largest absolute Gasteiger partial charge is 0.377 e. The highest BCUT2D eigenvalue weighted by Crippen LogP contribution is 2.51. The molecule has 1 fully saturated rings. The number of hydrogen-bond donors (Lipinski definition) is 1. The molecule has 1 saturated heterocycles. The summed E-state index contributed by atoms with van der Waals surface area (Å²) in [7, 11) is 0. The maximum Gasteiger partial charge on any atom is 0.377 e. The van der Waals surface area contributed by atoms with Gasteiger partial charge in [-0.25, -0.2) is 4.58 Å². The minimum Gasteiger partial charge on any atom is -0.322 e. The van der Waals surface area contributed by atoms with Crippen molar-refractivity contribution in [2.75, 3.05) is 13.1 Å². The smallest absolute Gasteiger partial charge is 0.322 e. The van der Waals surface area contributed by atoms with Crippen LogP contribution in [0.1, 0.15) is 23.4 Å². The first kappa shape index (κ1) is 20.4. The maximum atomic E-state index is 9.30. The Morgan fingerprint density at radius 2 is 1.79 bits per heavy atom. The average molecular weight is 519 g/mol. The highest BCUT2D eigenvalue weighted by atomic mass is 79.9. The molecule has 1 N–H and O–H groups in total. The first-order valence-electron chi connectivity index (χ1n) is 8.73. The van der Waals surface area contributed by atoms with Crippen molar-refractivity contribution in [1.82, 2.24) is 4.57 Å². The van der Waals surface area contributed by atoms with Crippen molar-refractivity contribution < 1.29 is 14.0 Å². The quantitative estimate of drug-likeness (QED) is 0.231. The Hall–Kier alpha value is -0.880. The number of hydrogen-bond acceptors (Lipinski definition) is 2. The third-order valence-electron chi connectivity index (χ3n) is 4.79. The van der Waals surface area contributed by atoms with Crippen molar-refractivity contribution in [2.24, 2.45) is 0 Å². The van der Waals surface area contributed by atoms with Crippen LogP contribution in [-0.2, 0) is 4.57 Å². The lowest BCUT2D eigenvalue weighted by atomic mass is 10.1. The summed E-state index contributed by atoms with van der Waals surface area (Å²) in [4.78, 5) is 9.04. The fraction of sp³-hybridized carbons (Fsp3) is 0.211. The number of fused-ring (bicyclic) bond motifs is 3. The molecule has 2 aliphatic rings. The first-order chi connectivity index (χ1) is 13.3. The summed E-state index contributed by atoms with van der Waals surface area (Å²) in [6, 6.07) is 13.1. The van der Waals surface area contributed by atoms with Gasteiger partial charge in [0, 0.05) is 34.5 Å². The van der Waals surface area contributed by atoms with E-state index in [0.717, 1.165) is 4.47 Å². The summed E-state index contributed by atoms with van der Waals surface area (Å²) in [6.45, 7) is 2.37. The molecule has 2 aliphatic heterocycles. The monoisotopic (exact) mass is 517 g/mol. The Morgan fingerprint density at radius 3 is 2.43 bits per heavy atom. The second-order valence-corrected chi connectivity index (χ2v) is 12.5. The van der Waals surface area contributed by atoms with Crippen LogP contribution in [-0.4, -0.2) is 32.8 Å². The van der Waals surface area contributed by atoms with Gasteiger partial charge in [0.1, 0.15) is 23.7 Å². The van der Waals surface area contributed by atoms with E-state index in [1.165, 1.54) is 59.0 Å². The number of thiophene rings is 1. The molecular weight excluding hydrogens is 502 g/mol.